The highest BCUT2D eigenvalue weighted by atomic mass is 32.1. The highest BCUT2D eigenvalue weighted by Gasteiger charge is 2.23. The Morgan fingerprint density at radius 3 is 1.45 bits per heavy atom. The normalized spacial score (nSPS) is 11.6. The molecule has 0 saturated heterocycles. The summed E-state index contributed by atoms with van der Waals surface area (Å²) in [6, 6.07) is 91.4. The van der Waals surface area contributed by atoms with Crippen molar-refractivity contribution in [1.82, 2.24) is 0 Å². The third kappa shape index (κ3) is 6.91. The number of rotatable bonds is 8. The van der Waals surface area contributed by atoms with E-state index in [1.807, 2.05) is 22.7 Å². The number of thiophene rings is 2. The zero-order valence-corrected chi connectivity index (χ0v) is 38.1. The molecule has 2 heterocycles. The lowest BCUT2D eigenvalue weighted by Crippen LogP contribution is -2.10. The zero-order chi connectivity index (χ0) is 44.3. The van der Waals surface area contributed by atoms with Crippen LogP contribution >= 0.6 is 22.7 Å². The minimum atomic E-state index is 1.10. The summed E-state index contributed by atoms with van der Waals surface area (Å²) in [5, 5.41) is 7.58. The summed E-state index contributed by atoms with van der Waals surface area (Å²) in [4.78, 5) is 2.50. The second kappa shape index (κ2) is 16.4. The van der Waals surface area contributed by atoms with Crippen LogP contribution < -0.4 is 4.90 Å². The van der Waals surface area contributed by atoms with Gasteiger partial charge in [0.15, 0.2) is 0 Å². The molecule has 1 nitrogen and oxygen atoms in total. The lowest BCUT2D eigenvalue weighted by atomic mass is 9.89. The summed E-state index contributed by atoms with van der Waals surface area (Å²) in [5.41, 5.74) is 15.6. The van der Waals surface area contributed by atoms with E-state index >= 15 is 0 Å². The Kier molecular flexibility index (Phi) is 9.63. The summed E-state index contributed by atoms with van der Waals surface area (Å²) in [6.07, 6.45) is 0. The van der Waals surface area contributed by atoms with E-state index in [0.717, 1.165) is 17.1 Å². The average molecular weight is 888 g/mol. The van der Waals surface area contributed by atoms with Gasteiger partial charge < -0.3 is 4.90 Å². The van der Waals surface area contributed by atoms with Crippen LogP contribution in [0.2, 0.25) is 0 Å². The third-order valence-electron chi connectivity index (χ3n) is 13.3. The fourth-order valence-electron chi connectivity index (χ4n) is 10.1. The summed E-state index contributed by atoms with van der Waals surface area (Å²) in [7, 11) is 0. The zero-order valence-electron chi connectivity index (χ0n) is 36.4. The van der Waals surface area contributed by atoms with Crippen LogP contribution in [-0.2, 0) is 0 Å². The molecule has 0 amide bonds. The van der Waals surface area contributed by atoms with Crippen molar-refractivity contribution in [3.05, 3.63) is 249 Å². The van der Waals surface area contributed by atoms with E-state index < -0.39 is 0 Å². The lowest BCUT2D eigenvalue weighted by molar-refractivity contribution is 1.31. The standard InChI is InChI=1S/C64H41NS2/c1-5-15-42(16-6-1)48-28-34-55-56-36-32-51(41-61(56)66-59(55)39-48)65(50-30-25-46(26-31-50)53-33-27-45-21-13-14-24-52(45)62(53)47-22-11-4-12-23-47)58-38-37-54(44-19-9-3-10-20-44)64-63(58)57-35-29-49(40-60(57)67-64)43-17-7-2-8-18-43/h1-41H. The first-order chi connectivity index (χ1) is 33.2. The fourth-order valence-corrected chi connectivity index (χ4v) is 12.5. The molecular weight excluding hydrogens is 847 g/mol. The summed E-state index contributed by atoms with van der Waals surface area (Å²) >= 11 is 3.77. The molecule has 0 atom stereocenters. The van der Waals surface area contributed by atoms with Gasteiger partial charge in [0.25, 0.3) is 0 Å². The summed E-state index contributed by atoms with van der Waals surface area (Å²) in [6.45, 7) is 0. The summed E-state index contributed by atoms with van der Waals surface area (Å²) in [5.74, 6) is 0. The van der Waals surface area contributed by atoms with Gasteiger partial charge in [0, 0.05) is 51.7 Å². The van der Waals surface area contributed by atoms with Crippen LogP contribution in [0.3, 0.4) is 0 Å². The minimum absolute atomic E-state index is 1.10. The van der Waals surface area contributed by atoms with Gasteiger partial charge >= 0.3 is 0 Å². The van der Waals surface area contributed by atoms with Crippen molar-refractivity contribution in [2.75, 3.05) is 4.90 Å². The van der Waals surface area contributed by atoms with E-state index in [4.69, 9.17) is 0 Å². The molecule has 2 aromatic heterocycles. The maximum Gasteiger partial charge on any atom is 0.0555 e. The van der Waals surface area contributed by atoms with Gasteiger partial charge in [0.1, 0.15) is 0 Å². The van der Waals surface area contributed by atoms with E-state index in [0.29, 0.717) is 0 Å². The van der Waals surface area contributed by atoms with Gasteiger partial charge in [0.2, 0.25) is 0 Å². The monoisotopic (exact) mass is 887 g/mol. The van der Waals surface area contributed by atoms with Gasteiger partial charge in [0.05, 0.1) is 5.69 Å². The molecule has 0 unspecified atom stereocenters. The average Bonchev–Trinajstić information content (AvgIpc) is 3.98. The number of fused-ring (bicyclic) bond motifs is 7. The van der Waals surface area contributed by atoms with Crippen LogP contribution in [0.25, 0.3) is 107 Å². The largest absolute Gasteiger partial charge is 0.310 e. The SMILES string of the molecule is c1ccc(-c2ccc3c(c2)sc2cc(N(c4ccc(-c5ccc6ccccc6c5-c5ccccc5)cc4)c4ccc(-c5ccccc5)c5sc6cc(-c7ccccc7)ccc6c45)ccc23)cc1. The second-order valence-corrected chi connectivity index (χ2v) is 19.3. The molecule has 13 aromatic rings. The van der Waals surface area contributed by atoms with Gasteiger partial charge in [-0.2, -0.15) is 0 Å². The molecule has 0 aliphatic carbocycles. The van der Waals surface area contributed by atoms with Crippen molar-refractivity contribution in [3.63, 3.8) is 0 Å². The molecule has 0 N–H and O–H groups in total. The first kappa shape index (κ1) is 39.3. The van der Waals surface area contributed by atoms with E-state index in [1.165, 1.54) is 107 Å². The van der Waals surface area contributed by atoms with Gasteiger partial charge in [-0.15, -0.1) is 22.7 Å². The van der Waals surface area contributed by atoms with Gasteiger partial charge in [-0.25, -0.2) is 0 Å². The van der Waals surface area contributed by atoms with Crippen LogP contribution in [0.15, 0.2) is 249 Å². The van der Waals surface area contributed by atoms with Crippen LogP contribution in [0, 0.1) is 0 Å². The molecule has 0 aliphatic rings. The van der Waals surface area contributed by atoms with E-state index in [2.05, 4.69) is 254 Å². The molecule has 0 fully saturated rings. The van der Waals surface area contributed by atoms with Crippen molar-refractivity contribution >= 4 is 90.9 Å². The summed E-state index contributed by atoms with van der Waals surface area (Å²) < 4.78 is 5.12. The molecule has 0 saturated carbocycles. The molecule has 13 rings (SSSR count). The topological polar surface area (TPSA) is 3.24 Å². The molecule has 0 radical (unpaired) electrons. The molecule has 3 heteroatoms. The quantitative estimate of drug-likeness (QED) is 0.147. The van der Waals surface area contributed by atoms with Crippen LogP contribution in [0.5, 0.6) is 0 Å². The maximum absolute atomic E-state index is 2.50. The predicted molar refractivity (Wildman–Crippen MR) is 292 cm³/mol. The Hall–Kier alpha value is -8.08. The van der Waals surface area contributed by atoms with Crippen molar-refractivity contribution in [1.29, 1.82) is 0 Å². The number of nitrogens with zero attached hydrogens (tertiary/aromatic N) is 1. The smallest absolute Gasteiger partial charge is 0.0555 e. The Morgan fingerprint density at radius 1 is 0.284 bits per heavy atom. The predicted octanol–water partition coefficient (Wildman–Crippen LogP) is 19.4. The first-order valence-corrected chi connectivity index (χ1v) is 24.4. The van der Waals surface area contributed by atoms with E-state index in [9.17, 15) is 0 Å². The van der Waals surface area contributed by atoms with Crippen LogP contribution in [0.1, 0.15) is 0 Å². The van der Waals surface area contributed by atoms with Gasteiger partial charge in [-0.3, -0.25) is 0 Å². The van der Waals surface area contributed by atoms with Crippen LogP contribution in [0.4, 0.5) is 17.1 Å². The number of hydrogen-bond donors (Lipinski definition) is 0. The molecule has 0 spiro atoms. The Morgan fingerprint density at radius 2 is 0.776 bits per heavy atom. The number of anilines is 3. The minimum Gasteiger partial charge on any atom is -0.310 e. The Labute approximate surface area is 397 Å². The van der Waals surface area contributed by atoms with Crippen molar-refractivity contribution in [3.8, 4) is 55.6 Å². The molecule has 314 valence electrons. The second-order valence-electron chi connectivity index (χ2n) is 17.2. The molecular formula is C64H41NS2. The Balaban J connectivity index is 1.03. The molecule has 0 aliphatic heterocycles. The van der Waals surface area contributed by atoms with E-state index in [-0.39, 0.29) is 0 Å². The highest BCUT2D eigenvalue weighted by Crippen LogP contribution is 2.50. The van der Waals surface area contributed by atoms with Gasteiger partial charge in [-0.1, -0.05) is 206 Å². The fraction of sp³-hybridized carbons (Fsp3) is 0. The van der Waals surface area contributed by atoms with Gasteiger partial charge in [-0.05, 0) is 109 Å². The third-order valence-corrected chi connectivity index (χ3v) is 15.6. The number of hydrogen-bond acceptors (Lipinski definition) is 3. The van der Waals surface area contributed by atoms with Crippen LogP contribution in [-0.4, -0.2) is 0 Å². The number of benzene rings is 11. The molecule has 0 bridgehead atoms. The highest BCUT2D eigenvalue weighted by molar-refractivity contribution is 7.26. The first-order valence-electron chi connectivity index (χ1n) is 22.8. The van der Waals surface area contributed by atoms with Crippen molar-refractivity contribution in [2.45, 2.75) is 0 Å². The Bertz CT molecular complexity index is 3950. The van der Waals surface area contributed by atoms with Crippen molar-refractivity contribution < 1.29 is 0 Å². The maximum atomic E-state index is 2.50. The lowest BCUT2D eigenvalue weighted by Gasteiger charge is -2.27. The van der Waals surface area contributed by atoms with Crippen molar-refractivity contribution in [2.24, 2.45) is 0 Å². The molecule has 11 aromatic carbocycles. The van der Waals surface area contributed by atoms with E-state index in [1.54, 1.807) is 0 Å². The molecule has 67 heavy (non-hydrogen) atoms.